The molecule has 0 saturated carbocycles. The number of carbonyl (C=O) groups is 1. The van der Waals surface area contributed by atoms with E-state index in [0.29, 0.717) is 42.1 Å². The van der Waals surface area contributed by atoms with Crippen LogP contribution in [0.3, 0.4) is 0 Å². The average Bonchev–Trinajstić information content (AvgIpc) is 3.54. The van der Waals surface area contributed by atoms with Crippen molar-refractivity contribution < 1.29 is 23.4 Å². The predicted octanol–water partition coefficient (Wildman–Crippen LogP) is 4.24. The zero-order chi connectivity index (χ0) is 22.5. The number of likely N-dealkylation sites (tertiary alicyclic amines) is 1. The predicted molar refractivity (Wildman–Crippen MR) is 121 cm³/mol. The molecule has 32 heavy (non-hydrogen) atoms. The highest BCUT2D eigenvalue weighted by molar-refractivity contribution is 7.13. The number of ether oxygens (including phenoxy) is 3. The smallest absolute Gasteiger partial charge is 0.257 e. The Morgan fingerprint density at radius 2 is 1.97 bits per heavy atom. The lowest BCUT2D eigenvalue weighted by Crippen LogP contribution is -2.38. The largest absolute Gasteiger partial charge is 0.493 e. The molecule has 2 aromatic heterocycles. The summed E-state index contributed by atoms with van der Waals surface area (Å²) >= 11 is 1.56. The summed E-state index contributed by atoms with van der Waals surface area (Å²) in [5.74, 6) is 2.66. The summed E-state index contributed by atoms with van der Waals surface area (Å²) in [4.78, 5) is 15.6. The van der Waals surface area contributed by atoms with Gasteiger partial charge in [-0.3, -0.25) is 4.79 Å². The van der Waals surface area contributed by atoms with E-state index < -0.39 is 0 Å². The number of thiophene rings is 1. The Bertz CT molecular complexity index is 1070. The molecule has 0 aliphatic carbocycles. The van der Waals surface area contributed by atoms with Gasteiger partial charge in [-0.25, -0.2) is 0 Å². The molecule has 168 valence electrons. The fourth-order valence-electron chi connectivity index (χ4n) is 3.75. The highest BCUT2D eigenvalue weighted by atomic mass is 32.1. The number of nitrogens with zero attached hydrogens (tertiary/aromatic N) is 3. The maximum Gasteiger partial charge on any atom is 0.257 e. The molecule has 8 nitrogen and oxygen atoms in total. The van der Waals surface area contributed by atoms with E-state index in [0.717, 1.165) is 23.3 Å². The minimum atomic E-state index is -0.0681. The molecule has 0 radical (unpaired) electrons. The lowest BCUT2D eigenvalue weighted by atomic mass is 9.98. The second-order valence-electron chi connectivity index (χ2n) is 7.34. The number of rotatable bonds is 7. The van der Waals surface area contributed by atoms with Gasteiger partial charge < -0.3 is 23.5 Å². The molecule has 1 amide bonds. The fourth-order valence-corrected chi connectivity index (χ4v) is 4.39. The van der Waals surface area contributed by atoms with Gasteiger partial charge in [0.2, 0.25) is 17.5 Å². The van der Waals surface area contributed by atoms with Crippen molar-refractivity contribution in [2.45, 2.75) is 18.8 Å². The molecular formula is C23H25N3O5S. The van der Waals surface area contributed by atoms with E-state index in [9.17, 15) is 4.79 Å². The van der Waals surface area contributed by atoms with Gasteiger partial charge in [-0.2, -0.15) is 0 Å². The van der Waals surface area contributed by atoms with Crippen LogP contribution in [0.25, 0.3) is 16.8 Å². The van der Waals surface area contributed by atoms with Crippen LogP contribution >= 0.6 is 11.3 Å². The molecule has 3 heterocycles. The lowest BCUT2D eigenvalue weighted by Gasteiger charge is -2.30. The SMILES string of the molecule is COc1cc(/C=C/C(=O)N2CCCC(c3nnc(-c4cccs4)o3)C2)cc(OC)c1OC. The van der Waals surface area contributed by atoms with Crippen LogP contribution in [-0.4, -0.2) is 55.4 Å². The van der Waals surface area contributed by atoms with E-state index in [-0.39, 0.29) is 11.8 Å². The molecule has 9 heteroatoms. The van der Waals surface area contributed by atoms with Gasteiger partial charge in [0, 0.05) is 19.2 Å². The Hall–Kier alpha value is -3.33. The van der Waals surface area contributed by atoms with Crippen LogP contribution < -0.4 is 14.2 Å². The molecule has 1 unspecified atom stereocenters. The van der Waals surface area contributed by atoms with Gasteiger partial charge in [-0.05, 0) is 48.1 Å². The molecule has 0 spiro atoms. The van der Waals surface area contributed by atoms with E-state index in [4.69, 9.17) is 18.6 Å². The summed E-state index contributed by atoms with van der Waals surface area (Å²) in [5.41, 5.74) is 0.777. The number of benzene rings is 1. The highest BCUT2D eigenvalue weighted by Crippen LogP contribution is 2.38. The van der Waals surface area contributed by atoms with Crippen molar-refractivity contribution in [1.29, 1.82) is 0 Å². The Morgan fingerprint density at radius 3 is 2.62 bits per heavy atom. The number of amides is 1. The molecule has 1 fully saturated rings. The van der Waals surface area contributed by atoms with Crippen molar-refractivity contribution in [2.24, 2.45) is 0 Å². The fraction of sp³-hybridized carbons (Fsp3) is 0.348. The average molecular weight is 456 g/mol. The van der Waals surface area contributed by atoms with Gasteiger partial charge in [-0.1, -0.05) is 6.07 Å². The van der Waals surface area contributed by atoms with Crippen molar-refractivity contribution in [1.82, 2.24) is 15.1 Å². The van der Waals surface area contributed by atoms with E-state index in [1.165, 1.54) is 0 Å². The van der Waals surface area contributed by atoms with Gasteiger partial charge in [0.1, 0.15) is 0 Å². The minimum absolute atomic E-state index is 0.0310. The van der Waals surface area contributed by atoms with Crippen molar-refractivity contribution in [3.05, 3.63) is 47.2 Å². The third-order valence-corrected chi connectivity index (χ3v) is 6.22. The van der Waals surface area contributed by atoms with Gasteiger partial charge in [0.05, 0.1) is 32.1 Å². The second-order valence-corrected chi connectivity index (χ2v) is 8.29. The Balaban J connectivity index is 1.45. The molecule has 1 aromatic carbocycles. The number of aromatic nitrogens is 2. The second kappa shape index (κ2) is 9.86. The first-order valence-corrected chi connectivity index (χ1v) is 11.1. The van der Waals surface area contributed by atoms with Gasteiger partial charge in [-0.15, -0.1) is 21.5 Å². The lowest BCUT2D eigenvalue weighted by molar-refractivity contribution is -0.127. The molecule has 0 N–H and O–H groups in total. The van der Waals surface area contributed by atoms with Crippen LogP contribution in [-0.2, 0) is 4.79 Å². The summed E-state index contributed by atoms with van der Waals surface area (Å²) in [6.45, 7) is 1.24. The van der Waals surface area contributed by atoms with E-state index >= 15 is 0 Å². The first-order valence-electron chi connectivity index (χ1n) is 10.3. The number of hydrogen-bond donors (Lipinski definition) is 0. The number of hydrogen-bond acceptors (Lipinski definition) is 8. The topological polar surface area (TPSA) is 86.9 Å². The van der Waals surface area contributed by atoms with Crippen LogP contribution in [0.2, 0.25) is 0 Å². The van der Waals surface area contributed by atoms with Crippen molar-refractivity contribution in [3.8, 4) is 28.0 Å². The molecule has 0 bridgehead atoms. The monoisotopic (exact) mass is 455 g/mol. The minimum Gasteiger partial charge on any atom is -0.493 e. The Kier molecular flexibility index (Phi) is 6.75. The van der Waals surface area contributed by atoms with Crippen LogP contribution in [0, 0.1) is 0 Å². The number of carbonyl (C=O) groups excluding carboxylic acids is 1. The Labute approximate surface area is 190 Å². The third-order valence-electron chi connectivity index (χ3n) is 5.36. The quantitative estimate of drug-likeness (QED) is 0.492. The molecule has 1 atom stereocenters. The van der Waals surface area contributed by atoms with Gasteiger partial charge in [0.25, 0.3) is 5.89 Å². The van der Waals surface area contributed by atoms with Crippen LogP contribution in [0.1, 0.15) is 30.2 Å². The van der Waals surface area contributed by atoms with Crippen molar-refractivity contribution >= 4 is 23.3 Å². The van der Waals surface area contributed by atoms with Crippen LogP contribution in [0.15, 0.2) is 40.1 Å². The molecule has 1 saturated heterocycles. The highest BCUT2D eigenvalue weighted by Gasteiger charge is 2.28. The van der Waals surface area contributed by atoms with Crippen LogP contribution in [0.4, 0.5) is 0 Å². The maximum absolute atomic E-state index is 12.9. The molecule has 1 aliphatic rings. The van der Waals surface area contributed by atoms with E-state index in [1.54, 1.807) is 57.0 Å². The van der Waals surface area contributed by atoms with Crippen LogP contribution in [0.5, 0.6) is 17.2 Å². The zero-order valence-electron chi connectivity index (χ0n) is 18.2. The summed E-state index contributed by atoms with van der Waals surface area (Å²) in [7, 11) is 4.68. The molecule has 1 aliphatic heterocycles. The maximum atomic E-state index is 12.9. The third kappa shape index (κ3) is 4.62. The summed E-state index contributed by atoms with van der Waals surface area (Å²) in [5, 5.41) is 10.4. The van der Waals surface area contributed by atoms with E-state index in [1.807, 2.05) is 22.4 Å². The first-order chi connectivity index (χ1) is 15.6. The number of methoxy groups -OCH3 is 3. The zero-order valence-corrected chi connectivity index (χ0v) is 19.1. The van der Waals surface area contributed by atoms with Crippen molar-refractivity contribution in [3.63, 3.8) is 0 Å². The summed E-state index contributed by atoms with van der Waals surface area (Å²) in [6.07, 6.45) is 5.10. The normalized spacial score (nSPS) is 16.3. The molecule has 3 aromatic rings. The summed E-state index contributed by atoms with van der Waals surface area (Å²) in [6, 6.07) is 7.50. The first kappa shape index (κ1) is 21.9. The van der Waals surface area contributed by atoms with Gasteiger partial charge in [0.15, 0.2) is 11.5 Å². The number of piperidine rings is 1. The molecular weight excluding hydrogens is 430 g/mol. The van der Waals surface area contributed by atoms with Gasteiger partial charge >= 0.3 is 0 Å². The van der Waals surface area contributed by atoms with E-state index in [2.05, 4.69) is 10.2 Å². The standard InChI is InChI=1S/C23H25N3O5S/c1-28-17-12-15(13-18(29-2)21(17)30-3)8-9-20(27)26-10-4-6-16(14-26)22-24-25-23(31-22)19-7-5-11-32-19/h5,7-9,11-13,16H,4,6,10,14H2,1-3H3/b9-8+. The Morgan fingerprint density at radius 1 is 1.19 bits per heavy atom. The van der Waals surface area contributed by atoms with Crippen molar-refractivity contribution in [2.75, 3.05) is 34.4 Å². The molecule has 4 rings (SSSR count). The summed E-state index contributed by atoms with van der Waals surface area (Å²) < 4.78 is 22.0.